The Morgan fingerprint density at radius 3 is 2.85 bits per heavy atom. The predicted octanol–water partition coefficient (Wildman–Crippen LogP) is 3.77. The van der Waals surface area contributed by atoms with E-state index in [1.807, 2.05) is 37.0 Å². The lowest BCUT2D eigenvalue weighted by molar-refractivity contribution is -0.121. The molecule has 1 amide bonds. The quantitative estimate of drug-likeness (QED) is 0.729. The standard InChI is InChI=1S/C19H19F2N3O2/c1-12(13-7-8-24(2)11-13)23-18(25)5-6-19-22-10-17(26-19)15-4-3-14(20)9-16(15)21/h3-4,7-12H,5-6H2,1-2H3,(H,23,25)/t12-/m0/s1. The number of aromatic nitrogens is 2. The number of amides is 1. The van der Waals surface area contributed by atoms with E-state index in [0.717, 1.165) is 17.7 Å². The van der Waals surface area contributed by atoms with Gasteiger partial charge in [-0.05, 0) is 30.7 Å². The van der Waals surface area contributed by atoms with Crippen molar-refractivity contribution in [3.05, 3.63) is 65.9 Å². The van der Waals surface area contributed by atoms with E-state index in [2.05, 4.69) is 10.3 Å². The molecule has 1 N–H and O–H groups in total. The number of carbonyl (C=O) groups is 1. The zero-order valence-electron chi connectivity index (χ0n) is 14.5. The number of benzene rings is 1. The molecule has 5 nitrogen and oxygen atoms in total. The van der Waals surface area contributed by atoms with Gasteiger partial charge in [-0.2, -0.15) is 0 Å². The van der Waals surface area contributed by atoms with Gasteiger partial charge in [-0.1, -0.05) is 0 Å². The van der Waals surface area contributed by atoms with Crippen LogP contribution in [-0.2, 0) is 18.3 Å². The molecule has 0 fully saturated rings. The summed E-state index contributed by atoms with van der Waals surface area (Å²) >= 11 is 0. The summed E-state index contributed by atoms with van der Waals surface area (Å²) in [6.07, 6.45) is 5.72. The van der Waals surface area contributed by atoms with E-state index in [0.29, 0.717) is 5.89 Å². The SMILES string of the molecule is C[C@H](NC(=O)CCc1ncc(-c2ccc(F)cc2F)o1)c1ccn(C)c1. The van der Waals surface area contributed by atoms with Crippen LogP contribution in [0.25, 0.3) is 11.3 Å². The number of halogens is 2. The fourth-order valence-corrected chi connectivity index (χ4v) is 2.64. The lowest BCUT2D eigenvalue weighted by Crippen LogP contribution is -2.26. The van der Waals surface area contributed by atoms with E-state index >= 15 is 0 Å². The highest BCUT2D eigenvalue weighted by atomic mass is 19.1. The first-order valence-electron chi connectivity index (χ1n) is 8.23. The average Bonchev–Trinajstić information content (AvgIpc) is 3.22. The first-order valence-corrected chi connectivity index (χ1v) is 8.23. The lowest BCUT2D eigenvalue weighted by Gasteiger charge is -2.12. The largest absolute Gasteiger partial charge is 0.441 e. The first-order chi connectivity index (χ1) is 12.4. The second-order valence-electron chi connectivity index (χ2n) is 6.14. The Bertz CT molecular complexity index is 917. The molecular weight excluding hydrogens is 340 g/mol. The molecule has 2 heterocycles. The minimum absolute atomic E-state index is 0.0999. The highest BCUT2D eigenvalue weighted by Crippen LogP contribution is 2.24. The van der Waals surface area contributed by atoms with Crippen LogP contribution in [0.15, 0.2) is 47.3 Å². The molecule has 0 unspecified atom stereocenters. The second kappa shape index (κ2) is 7.51. The highest BCUT2D eigenvalue weighted by Gasteiger charge is 2.14. The molecule has 0 saturated heterocycles. The van der Waals surface area contributed by atoms with Crippen LogP contribution in [0.3, 0.4) is 0 Å². The summed E-state index contributed by atoms with van der Waals surface area (Å²) in [5.41, 5.74) is 1.15. The van der Waals surface area contributed by atoms with E-state index in [1.165, 1.54) is 12.3 Å². The van der Waals surface area contributed by atoms with Gasteiger partial charge in [-0.3, -0.25) is 4.79 Å². The molecule has 0 radical (unpaired) electrons. The Morgan fingerprint density at radius 1 is 1.35 bits per heavy atom. The number of oxazole rings is 1. The van der Waals surface area contributed by atoms with Crippen molar-refractivity contribution in [2.45, 2.75) is 25.8 Å². The Labute approximate surface area is 149 Å². The van der Waals surface area contributed by atoms with Gasteiger partial charge in [0.25, 0.3) is 0 Å². The lowest BCUT2D eigenvalue weighted by atomic mass is 10.1. The summed E-state index contributed by atoms with van der Waals surface area (Å²) in [6.45, 7) is 1.91. The number of aryl methyl sites for hydroxylation is 2. The fraction of sp³-hybridized carbons (Fsp3) is 0.263. The maximum atomic E-state index is 13.8. The van der Waals surface area contributed by atoms with Crippen molar-refractivity contribution in [3.8, 4) is 11.3 Å². The molecule has 1 atom stereocenters. The van der Waals surface area contributed by atoms with Gasteiger partial charge < -0.3 is 14.3 Å². The number of hydrogen-bond donors (Lipinski definition) is 1. The molecule has 3 aromatic rings. The van der Waals surface area contributed by atoms with Crippen molar-refractivity contribution in [3.63, 3.8) is 0 Å². The summed E-state index contributed by atoms with van der Waals surface area (Å²) in [5, 5.41) is 2.91. The van der Waals surface area contributed by atoms with Gasteiger partial charge in [0.05, 0.1) is 17.8 Å². The van der Waals surface area contributed by atoms with E-state index in [9.17, 15) is 13.6 Å². The Balaban J connectivity index is 1.57. The normalized spacial score (nSPS) is 12.2. The number of nitrogens with zero attached hydrogens (tertiary/aromatic N) is 2. The predicted molar refractivity (Wildman–Crippen MR) is 92.1 cm³/mol. The molecule has 3 rings (SSSR count). The van der Waals surface area contributed by atoms with Gasteiger partial charge >= 0.3 is 0 Å². The minimum atomic E-state index is -0.720. The van der Waals surface area contributed by atoms with Crippen molar-refractivity contribution in [2.24, 2.45) is 7.05 Å². The summed E-state index contributed by atoms with van der Waals surface area (Å²) in [5.74, 6) is -0.979. The first kappa shape index (κ1) is 17.8. The van der Waals surface area contributed by atoms with Gasteiger partial charge in [0.15, 0.2) is 11.7 Å². The van der Waals surface area contributed by atoms with Gasteiger partial charge in [0, 0.05) is 38.3 Å². The van der Waals surface area contributed by atoms with Crippen LogP contribution in [0.4, 0.5) is 8.78 Å². The van der Waals surface area contributed by atoms with Crippen LogP contribution in [0, 0.1) is 11.6 Å². The van der Waals surface area contributed by atoms with Crippen molar-refractivity contribution in [1.82, 2.24) is 14.9 Å². The zero-order valence-corrected chi connectivity index (χ0v) is 14.5. The van der Waals surface area contributed by atoms with Crippen LogP contribution in [0.2, 0.25) is 0 Å². The molecule has 26 heavy (non-hydrogen) atoms. The van der Waals surface area contributed by atoms with Crippen LogP contribution in [0.1, 0.15) is 30.8 Å². The fourth-order valence-electron chi connectivity index (χ4n) is 2.64. The minimum Gasteiger partial charge on any atom is -0.441 e. The van der Waals surface area contributed by atoms with Gasteiger partial charge in [-0.25, -0.2) is 13.8 Å². The van der Waals surface area contributed by atoms with E-state index < -0.39 is 11.6 Å². The molecule has 0 aliphatic carbocycles. The molecule has 1 aromatic carbocycles. The molecule has 136 valence electrons. The number of rotatable bonds is 6. The monoisotopic (exact) mass is 359 g/mol. The van der Waals surface area contributed by atoms with Crippen LogP contribution < -0.4 is 5.32 Å². The molecule has 0 saturated carbocycles. The van der Waals surface area contributed by atoms with E-state index in [1.54, 1.807) is 0 Å². The van der Waals surface area contributed by atoms with Crippen molar-refractivity contribution >= 4 is 5.91 Å². The summed E-state index contributed by atoms with van der Waals surface area (Å²) in [6, 6.07) is 5.08. The molecule has 0 aliphatic rings. The maximum absolute atomic E-state index is 13.8. The van der Waals surface area contributed by atoms with Crippen LogP contribution >= 0.6 is 0 Å². The number of hydrogen-bond acceptors (Lipinski definition) is 3. The average molecular weight is 359 g/mol. The Kier molecular flexibility index (Phi) is 5.16. The molecule has 7 heteroatoms. The van der Waals surface area contributed by atoms with E-state index in [-0.39, 0.29) is 36.1 Å². The van der Waals surface area contributed by atoms with Gasteiger partial charge in [0.1, 0.15) is 11.6 Å². The third-order valence-electron chi connectivity index (χ3n) is 4.05. The van der Waals surface area contributed by atoms with Crippen molar-refractivity contribution in [2.75, 3.05) is 0 Å². The van der Waals surface area contributed by atoms with Crippen LogP contribution in [-0.4, -0.2) is 15.5 Å². The second-order valence-corrected chi connectivity index (χ2v) is 6.14. The third-order valence-corrected chi connectivity index (χ3v) is 4.05. The van der Waals surface area contributed by atoms with Crippen LogP contribution in [0.5, 0.6) is 0 Å². The molecular formula is C19H19F2N3O2. The van der Waals surface area contributed by atoms with Crippen molar-refractivity contribution in [1.29, 1.82) is 0 Å². The van der Waals surface area contributed by atoms with Crippen molar-refractivity contribution < 1.29 is 18.0 Å². The molecule has 0 bridgehead atoms. The Hall–Kier alpha value is -2.96. The number of nitrogens with one attached hydrogen (secondary N) is 1. The van der Waals surface area contributed by atoms with Gasteiger partial charge in [-0.15, -0.1) is 0 Å². The molecule has 0 spiro atoms. The van der Waals surface area contributed by atoms with E-state index in [4.69, 9.17) is 4.42 Å². The summed E-state index contributed by atoms with van der Waals surface area (Å²) in [4.78, 5) is 16.1. The summed E-state index contributed by atoms with van der Waals surface area (Å²) < 4.78 is 34.1. The third kappa shape index (κ3) is 4.17. The maximum Gasteiger partial charge on any atom is 0.220 e. The molecule has 0 aliphatic heterocycles. The highest BCUT2D eigenvalue weighted by molar-refractivity contribution is 5.76. The topological polar surface area (TPSA) is 60.1 Å². The zero-order chi connectivity index (χ0) is 18.7. The summed E-state index contributed by atoms with van der Waals surface area (Å²) in [7, 11) is 1.92. The number of carbonyl (C=O) groups excluding carboxylic acids is 1. The smallest absolute Gasteiger partial charge is 0.220 e. The molecule has 2 aromatic heterocycles. The Morgan fingerprint density at radius 2 is 2.15 bits per heavy atom. The van der Waals surface area contributed by atoms with Gasteiger partial charge in [0.2, 0.25) is 5.91 Å².